The summed E-state index contributed by atoms with van der Waals surface area (Å²) in [6.07, 6.45) is 5.54. The van der Waals surface area contributed by atoms with Crippen molar-refractivity contribution in [3.05, 3.63) is 75.2 Å². The Kier molecular flexibility index (Phi) is 7.50. The standard InChI is InChI=1S/C25H23ClF3N5O2/c1-25(28,29)7-4-16-13-31-24(32-14-16)33-8-5-19(6-9-33)36-22-11-23(35)34(15-20(22)26)18-3-2-17(12-30)21(27)10-18/h2-3,10-11,13-15,19H,4-9H2,1H3. The molecule has 0 atom stereocenters. The first-order chi connectivity index (χ1) is 17.1. The molecule has 0 aliphatic carbocycles. The predicted octanol–water partition coefficient (Wildman–Crippen LogP) is 4.93. The van der Waals surface area contributed by atoms with Gasteiger partial charge in [-0.05, 0) is 37.1 Å². The molecule has 0 amide bonds. The Bertz CT molecular complexity index is 1330. The number of ether oxygens (including phenoxy) is 1. The van der Waals surface area contributed by atoms with Crippen molar-refractivity contribution >= 4 is 17.5 Å². The van der Waals surface area contributed by atoms with E-state index in [0.717, 1.165) is 13.0 Å². The molecule has 1 fully saturated rings. The molecule has 1 aliphatic rings. The van der Waals surface area contributed by atoms with Crippen LogP contribution in [0.25, 0.3) is 5.69 Å². The van der Waals surface area contributed by atoms with Crippen molar-refractivity contribution in [3.8, 4) is 17.5 Å². The summed E-state index contributed by atoms with van der Waals surface area (Å²) in [6, 6.07) is 6.85. The van der Waals surface area contributed by atoms with Gasteiger partial charge in [0.1, 0.15) is 23.7 Å². The first-order valence-electron chi connectivity index (χ1n) is 11.4. The third-order valence-corrected chi connectivity index (χ3v) is 6.17. The van der Waals surface area contributed by atoms with Gasteiger partial charge in [0, 0.05) is 57.0 Å². The van der Waals surface area contributed by atoms with Gasteiger partial charge >= 0.3 is 0 Å². The van der Waals surface area contributed by atoms with E-state index in [4.69, 9.17) is 21.6 Å². The number of pyridine rings is 1. The normalized spacial score (nSPS) is 14.5. The Balaban J connectivity index is 1.37. The number of benzene rings is 1. The van der Waals surface area contributed by atoms with Crippen molar-refractivity contribution in [3.63, 3.8) is 0 Å². The highest BCUT2D eigenvalue weighted by Crippen LogP contribution is 2.27. The molecule has 0 spiro atoms. The van der Waals surface area contributed by atoms with Gasteiger partial charge in [-0.15, -0.1) is 0 Å². The highest BCUT2D eigenvalue weighted by atomic mass is 35.5. The number of halogens is 4. The minimum absolute atomic E-state index is 0.119. The van der Waals surface area contributed by atoms with Crippen LogP contribution in [0.1, 0.15) is 37.3 Å². The maximum atomic E-state index is 14.0. The van der Waals surface area contributed by atoms with Crippen LogP contribution in [0.2, 0.25) is 5.02 Å². The molecule has 1 saturated heterocycles. The minimum Gasteiger partial charge on any atom is -0.488 e. The van der Waals surface area contributed by atoms with Gasteiger partial charge < -0.3 is 9.64 Å². The fourth-order valence-electron chi connectivity index (χ4n) is 3.89. The number of nitriles is 1. The van der Waals surface area contributed by atoms with Crippen molar-refractivity contribution in [2.45, 2.75) is 44.6 Å². The smallest absolute Gasteiger partial charge is 0.258 e. The van der Waals surface area contributed by atoms with Crippen LogP contribution in [0.4, 0.5) is 19.1 Å². The molecular formula is C25H23ClF3N5O2. The number of alkyl halides is 2. The average molecular weight is 518 g/mol. The lowest BCUT2D eigenvalue weighted by atomic mass is 10.1. The van der Waals surface area contributed by atoms with Crippen LogP contribution >= 0.6 is 11.6 Å². The van der Waals surface area contributed by atoms with Crippen LogP contribution in [-0.2, 0) is 6.42 Å². The third-order valence-electron chi connectivity index (χ3n) is 5.88. The summed E-state index contributed by atoms with van der Waals surface area (Å²) in [4.78, 5) is 23.2. The molecule has 0 radical (unpaired) electrons. The van der Waals surface area contributed by atoms with E-state index in [1.807, 2.05) is 4.90 Å². The van der Waals surface area contributed by atoms with Crippen LogP contribution < -0.4 is 15.2 Å². The van der Waals surface area contributed by atoms with Crippen LogP contribution in [0, 0.1) is 17.1 Å². The largest absolute Gasteiger partial charge is 0.488 e. The quantitative estimate of drug-likeness (QED) is 0.442. The summed E-state index contributed by atoms with van der Waals surface area (Å²) in [5, 5.41) is 9.07. The zero-order valence-corrected chi connectivity index (χ0v) is 20.2. The monoisotopic (exact) mass is 517 g/mol. The number of aromatic nitrogens is 3. The zero-order valence-electron chi connectivity index (χ0n) is 19.4. The number of piperidine rings is 1. The van der Waals surface area contributed by atoms with Crippen molar-refractivity contribution in [1.82, 2.24) is 14.5 Å². The molecule has 188 valence electrons. The Morgan fingerprint density at radius 1 is 1.22 bits per heavy atom. The summed E-state index contributed by atoms with van der Waals surface area (Å²) in [6.45, 7) is 2.11. The molecule has 1 aromatic carbocycles. The van der Waals surface area contributed by atoms with Gasteiger partial charge in [0.05, 0.1) is 16.3 Å². The molecule has 2 aromatic heterocycles. The summed E-state index contributed by atoms with van der Waals surface area (Å²) >= 11 is 6.35. The van der Waals surface area contributed by atoms with E-state index in [1.165, 1.54) is 29.0 Å². The number of rotatable bonds is 7. The highest BCUT2D eigenvalue weighted by molar-refractivity contribution is 6.31. The zero-order chi connectivity index (χ0) is 25.9. The molecule has 0 saturated carbocycles. The first-order valence-corrected chi connectivity index (χ1v) is 11.7. The van der Waals surface area contributed by atoms with Crippen LogP contribution in [0.15, 0.2) is 47.7 Å². The van der Waals surface area contributed by atoms with E-state index in [2.05, 4.69) is 9.97 Å². The fraction of sp³-hybridized carbons (Fsp3) is 0.360. The molecule has 11 heteroatoms. The second-order valence-electron chi connectivity index (χ2n) is 8.74. The van der Waals surface area contributed by atoms with Gasteiger partial charge in [0.25, 0.3) is 5.56 Å². The Morgan fingerprint density at radius 3 is 2.53 bits per heavy atom. The Hall–Kier alpha value is -3.58. The van der Waals surface area contributed by atoms with Crippen LogP contribution in [0.5, 0.6) is 5.75 Å². The topological polar surface area (TPSA) is 84.0 Å². The molecule has 0 N–H and O–H groups in total. The average Bonchev–Trinajstić information content (AvgIpc) is 2.85. The van der Waals surface area contributed by atoms with E-state index in [9.17, 15) is 18.0 Å². The second kappa shape index (κ2) is 10.6. The van der Waals surface area contributed by atoms with Crippen molar-refractivity contribution in [2.24, 2.45) is 0 Å². The van der Waals surface area contributed by atoms with E-state index >= 15 is 0 Å². The molecule has 4 rings (SSSR count). The molecule has 0 bridgehead atoms. The predicted molar refractivity (Wildman–Crippen MR) is 129 cm³/mol. The molecule has 7 nitrogen and oxygen atoms in total. The van der Waals surface area contributed by atoms with Crippen molar-refractivity contribution < 1.29 is 17.9 Å². The van der Waals surface area contributed by atoms with Crippen molar-refractivity contribution in [1.29, 1.82) is 5.26 Å². The molecule has 3 heterocycles. The van der Waals surface area contributed by atoms with Gasteiger partial charge in [0.15, 0.2) is 0 Å². The van der Waals surface area contributed by atoms with Gasteiger partial charge in [-0.2, -0.15) is 5.26 Å². The molecule has 1 aliphatic heterocycles. The lowest BCUT2D eigenvalue weighted by Gasteiger charge is -2.32. The highest BCUT2D eigenvalue weighted by Gasteiger charge is 2.24. The Morgan fingerprint density at radius 2 is 1.92 bits per heavy atom. The number of anilines is 1. The maximum absolute atomic E-state index is 14.0. The van der Waals surface area contributed by atoms with Crippen LogP contribution in [-0.4, -0.2) is 39.7 Å². The van der Waals surface area contributed by atoms with Gasteiger partial charge in [-0.25, -0.2) is 23.1 Å². The number of nitrogens with zero attached hydrogens (tertiary/aromatic N) is 5. The Labute approximate surface area is 210 Å². The molecule has 3 aromatic rings. The van der Waals surface area contributed by atoms with E-state index < -0.39 is 17.3 Å². The summed E-state index contributed by atoms with van der Waals surface area (Å²) in [5.74, 6) is -2.70. The minimum atomic E-state index is -2.73. The molecule has 0 unspecified atom stereocenters. The number of hydrogen-bond acceptors (Lipinski definition) is 6. The maximum Gasteiger partial charge on any atom is 0.258 e. The van der Waals surface area contributed by atoms with Crippen molar-refractivity contribution in [2.75, 3.05) is 18.0 Å². The van der Waals surface area contributed by atoms with Gasteiger partial charge in [-0.1, -0.05) is 11.6 Å². The first kappa shape index (κ1) is 25.5. The fourth-order valence-corrected chi connectivity index (χ4v) is 4.08. The number of aryl methyl sites for hydroxylation is 1. The SMILES string of the molecule is CC(F)(F)CCc1cnc(N2CCC(Oc3cc(=O)n(-c4ccc(C#N)c(F)c4)cc3Cl)CC2)nc1. The van der Waals surface area contributed by atoms with Crippen LogP contribution in [0.3, 0.4) is 0 Å². The summed E-state index contributed by atoms with van der Waals surface area (Å²) in [7, 11) is 0. The summed E-state index contributed by atoms with van der Waals surface area (Å²) < 4.78 is 47.2. The molecular weight excluding hydrogens is 495 g/mol. The summed E-state index contributed by atoms with van der Waals surface area (Å²) in [5.41, 5.74) is 0.330. The van der Waals surface area contributed by atoms with Gasteiger partial charge in [0.2, 0.25) is 11.9 Å². The number of hydrogen-bond donors (Lipinski definition) is 0. The second-order valence-corrected chi connectivity index (χ2v) is 9.14. The lowest BCUT2D eigenvalue weighted by molar-refractivity contribution is 0.0133. The van der Waals surface area contributed by atoms with E-state index in [0.29, 0.717) is 37.4 Å². The van der Waals surface area contributed by atoms with E-state index in [-0.39, 0.29) is 41.0 Å². The van der Waals surface area contributed by atoms with Gasteiger partial charge in [-0.3, -0.25) is 9.36 Å². The third kappa shape index (κ3) is 6.15. The molecule has 36 heavy (non-hydrogen) atoms. The lowest BCUT2D eigenvalue weighted by Crippen LogP contribution is -2.39. The van der Waals surface area contributed by atoms with E-state index in [1.54, 1.807) is 18.5 Å².